The first kappa shape index (κ1) is 28.1. The van der Waals surface area contributed by atoms with E-state index >= 15 is 0 Å². The molecule has 0 aliphatic rings. The third kappa shape index (κ3) is 12.0. The Hall–Kier alpha value is -0.956. The fraction of sp³-hybridized carbons (Fsp3) is 0.720. The molecule has 0 bridgehead atoms. The van der Waals surface area contributed by atoms with Crippen molar-refractivity contribution in [1.29, 1.82) is 0 Å². The second-order valence-corrected chi connectivity index (χ2v) is 17.9. The van der Waals surface area contributed by atoms with Crippen molar-refractivity contribution in [2.45, 2.75) is 96.9 Å². The minimum atomic E-state index is -2.02. The standard InChI is InChI=1S/C25H46O4Si2/c1-8-9-11-15-24(23-16-12-10-13-17-23)19-18-22(2)25(26)28-20-14-21-30(4,5)29-31(6,7)27-3/h10,12-13,16-17,22,24H,8-9,11,14-15,18-21H2,1-7H3. The summed E-state index contributed by atoms with van der Waals surface area (Å²) in [4.78, 5) is 12.5. The van der Waals surface area contributed by atoms with Gasteiger partial charge in [-0.25, -0.2) is 0 Å². The van der Waals surface area contributed by atoms with Crippen LogP contribution in [0.5, 0.6) is 0 Å². The number of hydrogen-bond acceptors (Lipinski definition) is 4. The maximum Gasteiger partial charge on any atom is 0.321 e. The van der Waals surface area contributed by atoms with E-state index in [4.69, 9.17) is 13.3 Å². The number of hydrogen-bond donors (Lipinski definition) is 0. The Bertz CT molecular complexity index is 619. The van der Waals surface area contributed by atoms with Gasteiger partial charge in [0.05, 0.1) is 12.5 Å². The topological polar surface area (TPSA) is 44.8 Å². The Morgan fingerprint density at radius 1 is 0.968 bits per heavy atom. The number of rotatable bonds is 16. The van der Waals surface area contributed by atoms with Crippen LogP contribution in [0, 0.1) is 5.92 Å². The predicted octanol–water partition coefficient (Wildman–Crippen LogP) is 7.27. The van der Waals surface area contributed by atoms with Crippen LogP contribution in [0.2, 0.25) is 32.2 Å². The van der Waals surface area contributed by atoms with Crippen molar-refractivity contribution in [2.24, 2.45) is 5.92 Å². The largest absolute Gasteiger partial charge is 0.465 e. The first-order chi connectivity index (χ1) is 14.6. The van der Waals surface area contributed by atoms with Crippen molar-refractivity contribution < 1.29 is 18.1 Å². The monoisotopic (exact) mass is 466 g/mol. The Labute approximate surface area is 193 Å². The highest BCUT2D eigenvalue weighted by atomic mass is 28.4. The predicted molar refractivity (Wildman–Crippen MR) is 135 cm³/mol. The van der Waals surface area contributed by atoms with Gasteiger partial charge in [-0.15, -0.1) is 0 Å². The van der Waals surface area contributed by atoms with Gasteiger partial charge in [0.1, 0.15) is 0 Å². The van der Waals surface area contributed by atoms with Crippen LogP contribution in [0.1, 0.15) is 70.3 Å². The van der Waals surface area contributed by atoms with Gasteiger partial charge in [0, 0.05) is 7.11 Å². The summed E-state index contributed by atoms with van der Waals surface area (Å²) in [5, 5.41) is 0. The van der Waals surface area contributed by atoms with Gasteiger partial charge in [0.15, 0.2) is 8.32 Å². The summed E-state index contributed by atoms with van der Waals surface area (Å²) in [6.45, 7) is 13.3. The van der Waals surface area contributed by atoms with Crippen LogP contribution in [0.25, 0.3) is 0 Å². The molecule has 4 nitrogen and oxygen atoms in total. The molecule has 1 rings (SSSR count). The zero-order valence-electron chi connectivity index (χ0n) is 21.0. The maximum absolute atomic E-state index is 12.5. The Morgan fingerprint density at radius 2 is 1.65 bits per heavy atom. The lowest BCUT2D eigenvalue weighted by Gasteiger charge is -2.32. The highest BCUT2D eigenvalue weighted by molar-refractivity contribution is 6.82. The average Bonchev–Trinajstić information content (AvgIpc) is 2.73. The molecule has 2 unspecified atom stereocenters. The molecule has 0 amide bonds. The molecule has 0 aliphatic carbocycles. The van der Waals surface area contributed by atoms with Crippen molar-refractivity contribution >= 4 is 22.8 Å². The molecule has 0 radical (unpaired) electrons. The minimum absolute atomic E-state index is 0.0567. The van der Waals surface area contributed by atoms with Crippen LogP contribution in [0.4, 0.5) is 0 Å². The van der Waals surface area contributed by atoms with Crippen LogP contribution in [0.3, 0.4) is 0 Å². The van der Waals surface area contributed by atoms with Crippen molar-refractivity contribution in [3.05, 3.63) is 35.9 Å². The number of carbonyl (C=O) groups excluding carboxylic acids is 1. The molecule has 0 saturated heterocycles. The van der Waals surface area contributed by atoms with Crippen LogP contribution >= 0.6 is 0 Å². The third-order valence-corrected chi connectivity index (χ3v) is 12.7. The number of unbranched alkanes of at least 4 members (excludes halogenated alkanes) is 2. The highest BCUT2D eigenvalue weighted by Crippen LogP contribution is 2.29. The molecule has 2 atom stereocenters. The van der Waals surface area contributed by atoms with E-state index in [1.54, 1.807) is 7.11 Å². The van der Waals surface area contributed by atoms with E-state index < -0.39 is 16.9 Å². The normalized spacial score (nSPS) is 14.3. The smallest absolute Gasteiger partial charge is 0.321 e. The van der Waals surface area contributed by atoms with Gasteiger partial charge in [-0.3, -0.25) is 4.79 Å². The van der Waals surface area contributed by atoms with Crippen LogP contribution in [0.15, 0.2) is 30.3 Å². The zero-order valence-corrected chi connectivity index (χ0v) is 23.0. The van der Waals surface area contributed by atoms with Gasteiger partial charge in [-0.05, 0) is 69.4 Å². The molecule has 0 N–H and O–H groups in total. The number of carbonyl (C=O) groups is 1. The number of esters is 1. The number of benzene rings is 1. The molecule has 178 valence electrons. The SMILES string of the molecule is CCCCCC(CCC(C)C(=O)OCCC[Si](C)(C)O[Si](C)(C)OC)c1ccccc1. The van der Waals surface area contributed by atoms with Crippen LogP contribution < -0.4 is 0 Å². The minimum Gasteiger partial charge on any atom is -0.465 e. The number of ether oxygens (including phenoxy) is 1. The van der Waals surface area contributed by atoms with Crippen molar-refractivity contribution in [2.75, 3.05) is 13.7 Å². The third-order valence-electron chi connectivity index (χ3n) is 5.96. The molecule has 0 aromatic heterocycles. The second-order valence-electron chi connectivity index (χ2n) is 9.82. The molecule has 0 heterocycles. The molecule has 1 aromatic rings. The van der Waals surface area contributed by atoms with Gasteiger partial charge >= 0.3 is 14.5 Å². The lowest BCUT2D eigenvalue weighted by atomic mass is 9.87. The zero-order chi connectivity index (χ0) is 23.3. The van der Waals surface area contributed by atoms with Gasteiger partial charge in [0.25, 0.3) is 0 Å². The summed E-state index contributed by atoms with van der Waals surface area (Å²) >= 11 is 0. The van der Waals surface area contributed by atoms with Crippen molar-refractivity contribution in [1.82, 2.24) is 0 Å². The van der Waals surface area contributed by atoms with Crippen LogP contribution in [-0.4, -0.2) is 36.6 Å². The molecule has 1 aromatic carbocycles. The molecular weight excluding hydrogens is 420 g/mol. The summed E-state index contributed by atoms with van der Waals surface area (Å²) in [6, 6.07) is 11.7. The molecular formula is C25H46O4Si2. The Morgan fingerprint density at radius 3 is 2.26 bits per heavy atom. The summed E-state index contributed by atoms with van der Waals surface area (Å²) in [5.74, 6) is 0.409. The first-order valence-corrected chi connectivity index (χ1v) is 18.0. The molecule has 0 fully saturated rings. The molecule has 0 aliphatic heterocycles. The second kappa shape index (κ2) is 14.2. The molecule has 0 spiro atoms. The molecule has 31 heavy (non-hydrogen) atoms. The molecule has 0 saturated carbocycles. The Kier molecular flexibility index (Phi) is 12.9. The lowest BCUT2D eigenvalue weighted by Crippen LogP contribution is -2.45. The van der Waals surface area contributed by atoms with E-state index in [1.165, 1.54) is 31.2 Å². The fourth-order valence-electron chi connectivity index (χ4n) is 3.98. The quantitative estimate of drug-likeness (QED) is 0.146. The van der Waals surface area contributed by atoms with Gasteiger partial charge in [-0.2, -0.15) is 0 Å². The van der Waals surface area contributed by atoms with E-state index in [0.717, 1.165) is 25.3 Å². The summed E-state index contributed by atoms with van der Waals surface area (Å²) in [6.07, 6.45) is 7.72. The lowest BCUT2D eigenvalue weighted by molar-refractivity contribution is -0.148. The highest BCUT2D eigenvalue weighted by Gasteiger charge is 2.33. The van der Waals surface area contributed by atoms with E-state index in [2.05, 4.69) is 63.4 Å². The van der Waals surface area contributed by atoms with Gasteiger partial charge < -0.3 is 13.3 Å². The summed E-state index contributed by atoms with van der Waals surface area (Å²) in [5.41, 5.74) is 1.40. The van der Waals surface area contributed by atoms with Gasteiger partial charge in [0.2, 0.25) is 0 Å². The van der Waals surface area contributed by atoms with E-state index in [0.29, 0.717) is 12.5 Å². The summed E-state index contributed by atoms with van der Waals surface area (Å²) < 4.78 is 17.4. The summed E-state index contributed by atoms with van der Waals surface area (Å²) in [7, 11) is -2.09. The maximum atomic E-state index is 12.5. The van der Waals surface area contributed by atoms with E-state index in [9.17, 15) is 4.79 Å². The van der Waals surface area contributed by atoms with Gasteiger partial charge in [-0.1, -0.05) is 63.4 Å². The fourth-order valence-corrected chi connectivity index (χ4v) is 11.0. The molecule has 6 heteroatoms. The Balaban J connectivity index is 2.41. The first-order valence-electron chi connectivity index (χ1n) is 12.1. The van der Waals surface area contributed by atoms with Crippen molar-refractivity contribution in [3.8, 4) is 0 Å². The van der Waals surface area contributed by atoms with Crippen molar-refractivity contribution in [3.63, 3.8) is 0 Å². The average molecular weight is 467 g/mol. The van der Waals surface area contributed by atoms with E-state index in [-0.39, 0.29) is 11.9 Å². The van der Waals surface area contributed by atoms with E-state index in [1.807, 2.05) is 6.92 Å². The van der Waals surface area contributed by atoms with Crippen LogP contribution in [-0.2, 0) is 18.1 Å².